The highest BCUT2D eigenvalue weighted by Gasteiger charge is 2.20. The average molecular weight is 366 g/mol. The molecule has 0 spiro atoms. The molecular formula is C20H22N4O3. The summed E-state index contributed by atoms with van der Waals surface area (Å²) >= 11 is 0. The molecule has 7 nitrogen and oxygen atoms in total. The molecule has 3 aromatic rings. The van der Waals surface area contributed by atoms with Gasteiger partial charge in [-0.1, -0.05) is 32.0 Å². The van der Waals surface area contributed by atoms with Crippen molar-refractivity contribution >= 4 is 17.9 Å². The number of aryl methyl sites for hydroxylation is 1. The standard InChI is InChI=1S/C20H22N4O3/c1-14-10-17(8-9-21-14)26-16-7-5-6-15(11-16)24(13-25)22-19-12-18(27-23-19)20(2,3)4/h5-13H,1-4H3,(H,22,23). The van der Waals surface area contributed by atoms with Gasteiger partial charge in [0.1, 0.15) is 17.3 Å². The maximum Gasteiger partial charge on any atom is 0.232 e. The molecule has 0 saturated heterocycles. The van der Waals surface area contributed by atoms with E-state index in [-0.39, 0.29) is 5.41 Å². The van der Waals surface area contributed by atoms with Gasteiger partial charge in [-0.2, -0.15) is 0 Å². The fraction of sp³-hybridized carbons (Fsp3) is 0.250. The van der Waals surface area contributed by atoms with Gasteiger partial charge >= 0.3 is 0 Å². The smallest absolute Gasteiger partial charge is 0.232 e. The van der Waals surface area contributed by atoms with Gasteiger partial charge in [0, 0.05) is 35.5 Å². The number of amides is 1. The minimum atomic E-state index is -0.171. The van der Waals surface area contributed by atoms with E-state index in [1.165, 1.54) is 5.01 Å². The number of nitrogens with zero attached hydrogens (tertiary/aromatic N) is 3. The Balaban J connectivity index is 1.77. The molecule has 0 aliphatic heterocycles. The number of carbonyl (C=O) groups excluding carboxylic acids is 1. The molecule has 0 aliphatic carbocycles. The third kappa shape index (κ3) is 4.63. The van der Waals surface area contributed by atoms with Gasteiger partial charge in [0.05, 0.1) is 5.69 Å². The molecule has 0 aliphatic rings. The molecule has 0 fully saturated rings. The van der Waals surface area contributed by atoms with Gasteiger partial charge in [0.2, 0.25) is 6.41 Å². The van der Waals surface area contributed by atoms with Crippen LogP contribution in [-0.2, 0) is 10.2 Å². The first-order chi connectivity index (χ1) is 12.8. The largest absolute Gasteiger partial charge is 0.457 e. The number of benzene rings is 1. The van der Waals surface area contributed by atoms with E-state index in [0.29, 0.717) is 29.4 Å². The van der Waals surface area contributed by atoms with Gasteiger partial charge in [-0.15, -0.1) is 0 Å². The first-order valence-electron chi connectivity index (χ1n) is 8.54. The van der Waals surface area contributed by atoms with Crippen molar-refractivity contribution in [2.45, 2.75) is 33.1 Å². The Morgan fingerprint density at radius 2 is 1.93 bits per heavy atom. The van der Waals surface area contributed by atoms with E-state index in [4.69, 9.17) is 9.26 Å². The number of hydrazine groups is 1. The average Bonchev–Trinajstić information content (AvgIpc) is 3.09. The molecule has 0 bridgehead atoms. The summed E-state index contributed by atoms with van der Waals surface area (Å²) in [6.07, 6.45) is 2.35. The van der Waals surface area contributed by atoms with E-state index >= 15 is 0 Å². The van der Waals surface area contributed by atoms with Crippen LogP contribution in [-0.4, -0.2) is 16.6 Å². The Kier molecular flexibility index (Phi) is 5.12. The van der Waals surface area contributed by atoms with Gasteiger partial charge in [0.15, 0.2) is 5.82 Å². The zero-order valence-corrected chi connectivity index (χ0v) is 15.8. The molecule has 0 atom stereocenters. The molecule has 1 amide bonds. The lowest BCUT2D eigenvalue weighted by molar-refractivity contribution is -0.107. The topological polar surface area (TPSA) is 80.5 Å². The molecule has 140 valence electrons. The number of pyridine rings is 1. The van der Waals surface area contributed by atoms with Gasteiger partial charge in [-0.3, -0.25) is 15.2 Å². The predicted molar refractivity (Wildman–Crippen MR) is 103 cm³/mol. The van der Waals surface area contributed by atoms with Crippen molar-refractivity contribution in [3.8, 4) is 11.5 Å². The molecule has 0 saturated carbocycles. The Morgan fingerprint density at radius 3 is 2.59 bits per heavy atom. The van der Waals surface area contributed by atoms with Gasteiger partial charge in [0.25, 0.3) is 0 Å². The molecular weight excluding hydrogens is 344 g/mol. The second-order valence-electron chi connectivity index (χ2n) is 7.15. The number of hydrogen-bond acceptors (Lipinski definition) is 6. The fourth-order valence-electron chi connectivity index (χ4n) is 2.37. The van der Waals surface area contributed by atoms with Crippen LogP contribution < -0.4 is 15.2 Å². The second-order valence-corrected chi connectivity index (χ2v) is 7.15. The van der Waals surface area contributed by atoms with Gasteiger partial charge in [-0.25, -0.2) is 5.01 Å². The van der Waals surface area contributed by atoms with Crippen LogP contribution in [0.2, 0.25) is 0 Å². The number of ether oxygens (including phenoxy) is 1. The minimum Gasteiger partial charge on any atom is -0.457 e. The number of rotatable bonds is 6. The molecule has 0 radical (unpaired) electrons. The van der Waals surface area contributed by atoms with Gasteiger partial charge < -0.3 is 9.26 Å². The zero-order valence-electron chi connectivity index (χ0n) is 15.8. The van der Waals surface area contributed by atoms with Crippen LogP contribution in [0.15, 0.2) is 53.2 Å². The number of aromatic nitrogens is 2. The summed E-state index contributed by atoms with van der Waals surface area (Å²) in [6.45, 7) is 7.97. The zero-order chi connectivity index (χ0) is 19.4. The Morgan fingerprint density at radius 1 is 1.15 bits per heavy atom. The van der Waals surface area contributed by atoms with E-state index in [9.17, 15) is 4.79 Å². The van der Waals surface area contributed by atoms with E-state index in [0.717, 1.165) is 11.5 Å². The third-order valence-electron chi connectivity index (χ3n) is 3.79. The second kappa shape index (κ2) is 7.49. The lowest BCUT2D eigenvalue weighted by Gasteiger charge is -2.18. The van der Waals surface area contributed by atoms with Crippen LogP contribution in [0.1, 0.15) is 32.2 Å². The normalized spacial score (nSPS) is 11.1. The van der Waals surface area contributed by atoms with Crippen molar-refractivity contribution in [1.29, 1.82) is 0 Å². The van der Waals surface area contributed by atoms with Crippen molar-refractivity contribution in [1.82, 2.24) is 10.1 Å². The lowest BCUT2D eigenvalue weighted by atomic mass is 9.93. The SMILES string of the molecule is Cc1cc(Oc2cccc(N(C=O)Nc3cc(C(C)(C)C)on3)c2)ccn1. The first kappa shape index (κ1) is 18.4. The monoisotopic (exact) mass is 366 g/mol. The van der Waals surface area contributed by atoms with Crippen LogP contribution in [0.4, 0.5) is 11.5 Å². The van der Waals surface area contributed by atoms with Crippen molar-refractivity contribution < 1.29 is 14.1 Å². The van der Waals surface area contributed by atoms with Gasteiger partial charge in [-0.05, 0) is 25.1 Å². The van der Waals surface area contributed by atoms with Crippen LogP contribution >= 0.6 is 0 Å². The molecule has 27 heavy (non-hydrogen) atoms. The molecule has 2 aromatic heterocycles. The Bertz CT molecular complexity index is 931. The van der Waals surface area contributed by atoms with E-state index in [2.05, 4.69) is 15.6 Å². The molecule has 0 unspecified atom stereocenters. The maximum atomic E-state index is 11.6. The molecule has 1 N–H and O–H groups in total. The fourth-order valence-corrected chi connectivity index (χ4v) is 2.37. The lowest BCUT2D eigenvalue weighted by Crippen LogP contribution is -2.28. The number of carbonyl (C=O) groups is 1. The summed E-state index contributed by atoms with van der Waals surface area (Å²) in [5.74, 6) is 2.45. The first-order valence-corrected chi connectivity index (χ1v) is 8.54. The highest BCUT2D eigenvalue weighted by molar-refractivity contribution is 5.78. The minimum absolute atomic E-state index is 0.171. The summed E-state index contributed by atoms with van der Waals surface area (Å²) in [5, 5.41) is 5.29. The highest BCUT2D eigenvalue weighted by atomic mass is 16.5. The summed E-state index contributed by atoms with van der Waals surface area (Å²) in [7, 11) is 0. The summed E-state index contributed by atoms with van der Waals surface area (Å²) in [5.41, 5.74) is 4.23. The number of anilines is 2. The molecule has 2 heterocycles. The molecule has 7 heteroatoms. The number of hydrogen-bond donors (Lipinski definition) is 1. The van der Waals surface area contributed by atoms with Crippen LogP contribution in [0.5, 0.6) is 11.5 Å². The predicted octanol–water partition coefficient (Wildman–Crippen LogP) is 4.46. The van der Waals surface area contributed by atoms with Crippen LogP contribution in [0.3, 0.4) is 0 Å². The van der Waals surface area contributed by atoms with E-state index in [1.807, 2.05) is 39.8 Å². The highest BCUT2D eigenvalue weighted by Crippen LogP contribution is 2.27. The van der Waals surface area contributed by atoms with Crippen molar-refractivity contribution in [2.75, 3.05) is 10.4 Å². The third-order valence-corrected chi connectivity index (χ3v) is 3.79. The van der Waals surface area contributed by atoms with E-state index < -0.39 is 0 Å². The summed E-state index contributed by atoms with van der Waals surface area (Å²) in [4.78, 5) is 15.7. The summed E-state index contributed by atoms with van der Waals surface area (Å²) < 4.78 is 11.2. The summed E-state index contributed by atoms with van der Waals surface area (Å²) in [6, 6.07) is 12.6. The molecule has 3 rings (SSSR count). The maximum absolute atomic E-state index is 11.6. The van der Waals surface area contributed by atoms with Crippen molar-refractivity contribution in [3.63, 3.8) is 0 Å². The molecule has 1 aromatic carbocycles. The van der Waals surface area contributed by atoms with Crippen molar-refractivity contribution in [3.05, 3.63) is 60.1 Å². The Labute approximate surface area is 157 Å². The number of nitrogens with one attached hydrogen (secondary N) is 1. The van der Waals surface area contributed by atoms with E-state index in [1.54, 1.807) is 36.5 Å². The quantitative estimate of drug-likeness (QED) is 0.512. The Hall–Kier alpha value is -3.35. The van der Waals surface area contributed by atoms with Crippen molar-refractivity contribution in [2.24, 2.45) is 0 Å². The van der Waals surface area contributed by atoms with Crippen LogP contribution in [0, 0.1) is 6.92 Å². The van der Waals surface area contributed by atoms with Crippen LogP contribution in [0.25, 0.3) is 0 Å².